The lowest BCUT2D eigenvalue weighted by atomic mass is 10.2. The summed E-state index contributed by atoms with van der Waals surface area (Å²) in [4.78, 5) is 2.20. The summed E-state index contributed by atoms with van der Waals surface area (Å²) in [6.45, 7) is 10.1. The zero-order valence-electron chi connectivity index (χ0n) is 13.3. The second-order valence-electron chi connectivity index (χ2n) is 4.79. The highest BCUT2D eigenvalue weighted by atomic mass is 16.5. The average molecular weight is 285 g/mol. The fraction of sp³-hybridized carbons (Fsp3) is 0.368. The predicted molar refractivity (Wildman–Crippen MR) is 91.9 cm³/mol. The third kappa shape index (κ3) is 6.96. The van der Waals surface area contributed by atoms with Gasteiger partial charge in [0.1, 0.15) is 6.73 Å². The van der Waals surface area contributed by atoms with Crippen molar-refractivity contribution in [3.8, 4) is 0 Å². The van der Waals surface area contributed by atoms with Gasteiger partial charge >= 0.3 is 0 Å². The van der Waals surface area contributed by atoms with Gasteiger partial charge in [-0.3, -0.25) is 0 Å². The minimum atomic E-state index is 0.594. The summed E-state index contributed by atoms with van der Waals surface area (Å²) in [5, 5.41) is 0. The molecule has 1 aromatic rings. The van der Waals surface area contributed by atoms with Crippen molar-refractivity contribution < 1.29 is 4.74 Å². The summed E-state index contributed by atoms with van der Waals surface area (Å²) in [5.41, 5.74) is 2.39. The zero-order valence-corrected chi connectivity index (χ0v) is 13.3. The highest BCUT2D eigenvalue weighted by Gasteiger charge is 2.05. The van der Waals surface area contributed by atoms with Gasteiger partial charge in [0.25, 0.3) is 0 Å². The van der Waals surface area contributed by atoms with Crippen LogP contribution < -0.4 is 0 Å². The molecule has 2 heteroatoms. The fourth-order valence-corrected chi connectivity index (χ4v) is 1.93. The van der Waals surface area contributed by atoms with Crippen LogP contribution in [0, 0.1) is 0 Å². The van der Waals surface area contributed by atoms with Gasteiger partial charge in [-0.2, -0.15) is 0 Å². The standard InChI is InChI=1S/C19H27NO/c1-4-7-13-19(20(16-5-2)17-21-6-3)15-14-18-11-9-8-10-12-18/h5,8-15H,2,4,6-7,16-17H2,1,3H3/b15-14+,19-13+. The maximum absolute atomic E-state index is 5.56. The molecule has 0 heterocycles. The van der Waals surface area contributed by atoms with Crippen LogP contribution in [-0.2, 0) is 4.74 Å². The number of benzene rings is 1. The van der Waals surface area contributed by atoms with Crippen LogP contribution >= 0.6 is 0 Å². The minimum Gasteiger partial charge on any atom is -0.361 e. The molecule has 1 rings (SSSR count). The lowest BCUT2D eigenvalue weighted by molar-refractivity contribution is 0.0633. The van der Waals surface area contributed by atoms with Gasteiger partial charge in [-0.25, -0.2) is 0 Å². The Balaban J connectivity index is 2.86. The largest absolute Gasteiger partial charge is 0.361 e. The van der Waals surface area contributed by atoms with Crippen LogP contribution in [-0.4, -0.2) is 24.8 Å². The minimum absolute atomic E-state index is 0.594. The van der Waals surface area contributed by atoms with E-state index in [4.69, 9.17) is 4.74 Å². The van der Waals surface area contributed by atoms with Crippen LogP contribution in [0.2, 0.25) is 0 Å². The van der Waals surface area contributed by atoms with E-state index in [1.165, 1.54) is 11.3 Å². The Morgan fingerprint density at radius 2 is 2.00 bits per heavy atom. The van der Waals surface area contributed by atoms with Crippen LogP contribution in [0.5, 0.6) is 0 Å². The number of rotatable bonds is 10. The topological polar surface area (TPSA) is 12.5 Å². The molecule has 0 aliphatic carbocycles. The molecule has 2 nitrogen and oxygen atoms in total. The molecule has 1 aromatic carbocycles. The van der Waals surface area contributed by atoms with Gasteiger partial charge in [-0.1, -0.05) is 61.9 Å². The summed E-state index contributed by atoms with van der Waals surface area (Å²) in [7, 11) is 0. The lowest BCUT2D eigenvalue weighted by Gasteiger charge is -2.24. The molecule has 0 amide bonds. The Morgan fingerprint density at radius 3 is 2.62 bits per heavy atom. The normalized spacial score (nSPS) is 11.8. The van der Waals surface area contributed by atoms with Gasteiger partial charge in [-0.05, 0) is 25.0 Å². The monoisotopic (exact) mass is 285 g/mol. The first-order chi connectivity index (χ1) is 10.3. The first-order valence-electron chi connectivity index (χ1n) is 7.68. The van der Waals surface area contributed by atoms with Crippen molar-refractivity contribution >= 4 is 6.08 Å². The van der Waals surface area contributed by atoms with E-state index in [0.717, 1.165) is 26.0 Å². The van der Waals surface area contributed by atoms with Crippen molar-refractivity contribution in [2.45, 2.75) is 26.7 Å². The zero-order chi connectivity index (χ0) is 15.3. The van der Waals surface area contributed by atoms with Gasteiger partial charge in [0.15, 0.2) is 0 Å². The molecule has 0 unspecified atom stereocenters. The van der Waals surface area contributed by atoms with Crippen molar-refractivity contribution in [1.82, 2.24) is 4.90 Å². The molecular weight excluding hydrogens is 258 g/mol. The Kier molecular flexibility index (Phi) is 8.98. The number of allylic oxidation sites excluding steroid dienone is 2. The fourth-order valence-electron chi connectivity index (χ4n) is 1.93. The third-order valence-corrected chi connectivity index (χ3v) is 3.05. The molecule has 0 aliphatic heterocycles. The van der Waals surface area contributed by atoms with Crippen molar-refractivity contribution in [2.24, 2.45) is 0 Å². The number of nitrogens with zero attached hydrogens (tertiary/aromatic N) is 1. The Morgan fingerprint density at radius 1 is 1.24 bits per heavy atom. The molecule has 0 N–H and O–H groups in total. The highest BCUT2D eigenvalue weighted by molar-refractivity contribution is 5.52. The first-order valence-corrected chi connectivity index (χ1v) is 7.68. The van der Waals surface area contributed by atoms with E-state index in [1.807, 2.05) is 19.1 Å². The molecule has 0 fully saturated rings. The van der Waals surface area contributed by atoms with Gasteiger partial charge in [-0.15, -0.1) is 6.58 Å². The van der Waals surface area contributed by atoms with Crippen LogP contribution in [0.25, 0.3) is 6.08 Å². The lowest BCUT2D eigenvalue weighted by Crippen LogP contribution is -2.25. The molecule has 0 spiro atoms. The summed E-state index contributed by atoms with van der Waals surface area (Å²) in [5.74, 6) is 0. The summed E-state index contributed by atoms with van der Waals surface area (Å²) in [6.07, 6.45) is 10.7. The summed E-state index contributed by atoms with van der Waals surface area (Å²) < 4.78 is 5.56. The molecule has 0 aromatic heterocycles. The quantitative estimate of drug-likeness (QED) is 0.345. The van der Waals surface area contributed by atoms with E-state index in [9.17, 15) is 0 Å². The smallest absolute Gasteiger partial charge is 0.119 e. The summed E-state index contributed by atoms with van der Waals surface area (Å²) >= 11 is 0. The molecular formula is C19H27NO. The van der Waals surface area contributed by atoms with Crippen molar-refractivity contribution in [3.05, 3.63) is 66.4 Å². The number of unbranched alkanes of at least 4 members (excludes halogenated alkanes) is 1. The molecule has 21 heavy (non-hydrogen) atoms. The van der Waals surface area contributed by atoms with E-state index in [0.29, 0.717) is 6.73 Å². The Bertz CT molecular complexity index is 448. The average Bonchev–Trinajstić information content (AvgIpc) is 2.53. The molecule has 0 atom stereocenters. The number of hydrogen-bond donors (Lipinski definition) is 0. The van der Waals surface area contributed by atoms with Crippen LogP contribution in [0.1, 0.15) is 32.3 Å². The van der Waals surface area contributed by atoms with Gasteiger partial charge in [0, 0.05) is 18.8 Å². The SMILES string of the molecule is C=CCN(COCC)C(/C=C/c1ccccc1)=C/CCC. The second kappa shape index (κ2) is 10.9. The van der Waals surface area contributed by atoms with E-state index < -0.39 is 0 Å². The molecule has 0 radical (unpaired) electrons. The maximum Gasteiger partial charge on any atom is 0.119 e. The maximum atomic E-state index is 5.56. The van der Waals surface area contributed by atoms with Gasteiger partial charge in [0.05, 0.1) is 0 Å². The van der Waals surface area contributed by atoms with Gasteiger partial charge in [0.2, 0.25) is 0 Å². The first kappa shape index (κ1) is 17.3. The van der Waals surface area contributed by atoms with E-state index in [1.54, 1.807) is 0 Å². The van der Waals surface area contributed by atoms with E-state index in [2.05, 4.69) is 60.9 Å². The molecule has 0 bridgehead atoms. The van der Waals surface area contributed by atoms with Crippen molar-refractivity contribution in [1.29, 1.82) is 0 Å². The van der Waals surface area contributed by atoms with Crippen LogP contribution in [0.3, 0.4) is 0 Å². The van der Waals surface area contributed by atoms with E-state index in [-0.39, 0.29) is 0 Å². The molecule has 0 saturated carbocycles. The number of ether oxygens (including phenoxy) is 1. The van der Waals surface area contributed by atoms with Crippen molar-refractivity contribution in [2.75, 3.05) is 19.9 Å². The second-order valence-corrected chi connectivity index (χ2v) is 4.79. The molecule has 114 valence electrons. The summed E-state index contributed by atoms with van der Waals surface area (Å²) in [6, 6.07) is 10.3. The van der Waals surface area contributed by atoms with Crippen LogP contribution in [0.15, 0.2) is 60.8 Å². The van der Waals surface area contributed by atoms with E-state index >= 15 is 0 Å². The molecule has 0 aliphatic rings. The number of hydrogen-bond acceptors (Lipinski definition) is 2. The Hall–Kier alpha value is -1.80. The van der Waals surface area contributed by atoms with Crippen molar-refractivity contribution in [3.63, 3.8) is 0 Å². The third-order valence-electron chi connectivity index (χ3n) is 3.05. The highest BCUT2D eigenvalue weighted by Crippen LogP contribution is 2.12. The Labute approximate surface area is 129 Å². The van der Waals surface area contributed by atoms with Crippen LogP contribution in [0.4, 0.5) is 0 Å². The van der Waals surface area contributed by atoms with Gasteiger partial charge < -0.3 is 9.64 Å². The molecule has 0 saturated heterocycles. The predicted octanol–water partition coefficient (Wildman–Crippen LogP) is 4.87.